The van der Waals surface area contributed by atoms with E-state index in [2.05, 4.69) is 46.3 Å². The Morgan fingerprint density at radius 1 is 1.10 bits per heavy atom. The van der Waals surface area contributed by atoms with Crippen LogP contribution in [0.1, 0.15) is 25.3 Å². The lowest BCUT2D eigenvalue weighted by Crippen LogP contribution is -2.46. The van der Waals surface area contributed by atoms with Gasteiger partial charge in [-0.1, -0.05) is 41.4 Å². The molecule has 1 heterocycles. The summed E-state index contributed by atoms with van der Waals surface area (Å²) in [7, 11) is 0. The average molecular weight is 464 g/mol. The van der Waals surface area contributed by atoms with Crippen molar-refractivity contribution in [1.82, 2.24) is 10.2 Å². The second-order valence-electron chi connectivity index (χ2n) is 7.98. The van der Waals surface area contributed by atoms with Gasteiger partial charge in [0.15, 0.2) is 6.10 Å². The van der Waals surface area contributed by atoms with E-state index in [1.54, 1.807) is 25.1 Å². The van der Waals surface area contributed by atoms with Gasteiger partial charge in [0.25, 0.3) is 5.91 Å². The summed E-state index contributed by atoms with van der Waals surface area (Å²) in [4.78, 5) is 17.2. The first-order valence-corrected chi connectivity index (χ1v) is 11.6. The number of rotatable bonds is 9. The van der Waals surface area contributed by atoms with Gasteiger partial charge in [0.1, 0.15) is 10.8 Å². The Kier molecular flexibility index (Phi) is 8.88. The summed E-state index contributed by atoms with van der Waals surface area (Å²) in [6.45, 7) is 9.80. The number of hydrogen-bond donors (Lipinski definition) is 1. The largest absolute Gasteiger partial charge is 0.479 e. The molecule has 1 atom stereocenters. The number of unbranched alkanes of at least 4 members (excludes halogenated alkanes) is 1. The number of nitrogens with zero attached hydrogens (tertiary/aromatic N) is 2. The predicted molar refractivity (Wildman–Crippen MR) is 129 cm³/mol. The van der Waals surface area contributed by atoms with Gasteiger partial charge in [-0.15, -0.1) is 0 Å². The fourth-order valence-corrected chi connectivity index (χ4v) is 4.03. The van der Waals surface area contributed by atoms with Gasteiger partial charge < -0.3 is 15.0 Å². The summed E-state index contributed by atoms with van der Waals surface area (Å²) >= 11 is 12.1. The molecule has 1 fully saturated rings. The van der Waals surface area contributed by atoms with Crippen molar-refractivity contribution < 1.29 is 9.53 Å². The Bertz CT molecular complexity index is 870. The van der Waals surface area contributed by atoms with Crippen LogP contribution in [0.4, 0.5) is 5.69 Å². The monoisotopic (exact) mass is 463 g/mol. The molecule has 5 nitrogen and oxygen atoms in total. The highest BCUT2D eigenvalue weighted by molar-refractivity contribution is 6.42. The van der Waals surface area contributed by atoms with E-state index in [-0.39, 0.29) is 5.91 Å². The minimum Gasteiger partial charge on any atom is -0.479 e. The molecule has 1 saturated heterocycles. The first-order valence-electron chi connectivity index (χ1n) is 10.9. The van der Waals surface area contributed by atoms with E-state index in [1.165, 1.54) is 11.3 Å². The summed E-state index contributed by atoms with van der Waals surface area (Å²) in [5, 5.41) is 3.68. The lowest BCUT2D eigenvalue weighted by Gasteiger charge is -2.36. The predicted octanol–water partition coefficient (Wildman–Crippen LogP) is 4.79. The van der Waals surface area contributed by atoms with E-state index in [9.17, 15) is 4.79 Å². The van der Waals surface area contributed by atoms with Gasteiger partial charge in [-0.25, -0.2) is 0 Å². The number of nitrogens with one attached hydrogen (secondary N) is 1. The lowest BCUT2D eigenvalue weighted by molar-refractivity contribution is -0.127. The average Bonchev–Trinajstić information content (AvgIpc) is 2.77. The maximum Gasteiger partial charge on any atom is 0.260 e. The fourth-order valence-electron chi connectivity index (χ4n) is 3.69. The van der Waals surface area contributed by atoms with Crippen LogP contribution in [-0.4, -0.2) is 56.2 Å². The van der Waals surface area contributed by atoms with E-state index in [1.807, 2.05) is 0 Å². The van der Waals surface area contributed by atoms with Gasteiger partial charge >= 0.3 is 0 Å². The zero-order valence-corrected chi connectivity index (χ0v) is 19.8. The normalized spacial score (nSPS) is 15.5. The van der Waals surface area contributed by atoms with Crippen molar-refractivity contribution in [2.75, 3.05) is 44.2 Å². The van der Waals surface area contributed by atoms with E-state index in [0.29, 0.717) is 22.3 Å². The van der Waals surface area contributed by atoms with Crippen molar-refractivity contribution in [3.05, 3.63) is 58.1 Å². The summed E-state index contributed by atoms with van der Waals surface area (Å²) in [6.07, 6.45) is 1.36. The number of anilines is 1. The van der Waals surface area contributed by atoms with Crippen LogP contribution >= 0.6 is 23.2 Å². The summed E-state index contributed by atoms with van der Waals surface area (Å²) in [5.74, 6) is 0.268. The van der Waals surface area contributed by atoms with Crippen LogP contribution in [0.5, 0.6) is 5.75 Å². The van der Waals surface area contributed by atoms with Gasteiger partial charge in [-0.05, 0) is 63.1 Å². The van der Waals surface area contributed by atoms with Crippen molar-refractivity contribution in [3.8, 4) is 5.75 Å². The first kappa shape index (κ1) is 23.7. The SMILES string of the molecule is Cc1cccc(N2CCN(CCCCNC(=O)C(C)Oc3cccc(Cl)c3Cl)CC2)c1. The molecule has 3 rings (SSSR count). The molecule has 2 aromatic carbocycles. The minimum atomic E-state index is -0.634. The second kappa shape index (κ2) is 11.6. The number of carbonyl (C=O) groups is 1. The summed E-state index contributed by atoms with van der Waals surface area (Å²) in [5.41, 5.74) is 2.62. The maximum atomic E-state index is 12.3. The Balaban J connectivity index is 1.30. The Morgan fingerprint density at radius 3 is 2.58 bits per heavy atom. The molecular formula is C24H31Cl2N3O2. The number of piperazine rings is 1. The Labute approximate surface area is 195 Å². The molecule has 31 heavy (non-hydrogen) atoms. The van der Waals surface area contributed by atoms with E-state index in [4.69, 9.17) is 27.9 Å². The van der Waals surface area contributed by atoms with Crippen LogP contribution in [0, 0.1) is 6.92 Å². The molecule has 0 radical (unpaired) electrons. The topological polar surface area (TPSA) is 44.8 Å². The number of aryl methyl sites for hydroxylation is 1. The number of amides is 1. The third kappa shape index (κ3) is 7.03. The number of carbonyl (C=O) groups excluding carboxylic acids is 1. The molecular weight excluding hydrogens is 433 g/mol. The quantitative estimate of drug-likeness (QED) is 0.543. The van der Waals surface area contributed by atoms with Crippen LogP contribution in [-0.2, 0) is 4.79 Å². The van der Waals surface area contributed by atoms with Gasteiger partial charge in [0, 0.05) is 38.4 Å². The molecule has 1 amide bonds. The molecule has 1 N–H and O–H groups in total. The smallest absolute Gasteiger partial charge is 0.260 e. The minimum absolute atomic E-state index is 0.150. The van der Waals surface area contributed by atoms with Crippen LogP contribution in [0.15, 0.2) is 42.5 Å². The van der Waals surface area contributed by atoms with Crippen molar-refractivity contribution in [3.63, 3.8) is 0 Å². The molecule has 0 aliphatic carbocycles. The van der Waals surface area contributed by atoms with Crippen molar-refractivity contribution in [1.29, 1.82) is 0 Å². The zero-order valence-electron chi connectivity index (χ0n) is 18.2. The summed E-state index contributed by atoms with van der Waals surface area (Å²) < 4.78 is 5.65. The number of benzene rings is 2. The molecule has 1 unspecified atom stereocenters. The third-order valence-electron chi connectivity index (χ3n) is 5.53. The summed E-state index contributed by atoms with van der Waals surface area (Å²) in [6, 6.07) is 13.8. The van der Waals surface area contributed by atoms with Crippen molar-refractivity contribution in [2.24, 2.45) is 0 Å². The van der Waals surface area contributed by atoms with Crippen molar-refractivity contribution in [2.45, 2.75) is 32.8 Å². The third-order valence-corrected chi connectivity index (χ3v) is 6.33. The van der Waals surface area contributed by atoms with E-state index in [0.717, 1.165) is 45.6 Å². The first-order chi connectivity index (χ1) is 14.9. The zero-order chi connectivity index (χ0) is 22.2. The van der Waals surface area contributed by atoms with Crippen LogP contribution in [0.3, 0.4) is 0 Å². The van der Waals surface area contributed by atoms with Crippen molar-refractivity contribution >= 4 is 34.8 Å². The number of halogens is 2. The molecule has 1 aliphatic rings. The Hall–Kier alpha value is -1.95. The molecule has 0 bridgehead atoms. The molecule has 0 saturated carbocycles. The fraction of sp³-hybridized carbons (Fsp3) is 0.458. The molecule has 1 aliphatic heterocycles. The molecule has 2 aromatic rings. The molecule has 7 heteroatoms. The molecule has 0 aromatic heterocycles. The van der Waals surface area contributed by atoms with Crippen LogP contribution in [0.25, 0.3) is 0 Å². The second-order valence-corrected chi connectivity index (χ2v) is 8.76. The van der Waals surface area contributed by atoms with E-state index >= 15 is 0 Å². The van der Waals surface area contributed by atoms with Crippen LogP contribution in [0.2, 0.25) is 10.0 Å². The van der Waals surface area contributed by atoms with Gasteiger partial charge in [-0.2, -0.15) is 0 Å². The lowest BCUT2D eigenvalue weighted by atomic mass is 10.2. The Morgan fingerprint density at radius 2 is 1.84 bits per heavy atom. The highest BCUT2D eigenvalue weighted by Crippen LogP contribution is 2.32. The van der Waals surface area contributed by atoms with E-state index < -0.39 is 6.10 Å². The standard InChI is InChI=1S/C24H31Cl2N3O2/c1-18-7-5-8-20(17-18)29-15-13-28(14-16-29)12-4-3-11-27-24(30)19(2)31-22-10-6-9-21(25)23(22)26/h5-10,17,19H,3-4,11-16H2,1-2H3,(H,27,30). The number of ether oxygens (including phenoxy) is 1. The van der Waals surface area contributed by atoms with Gasteiger partial charge in [0.2, 0.25) is 0 Å². The molecule has 168 valence electrons. The highest BCUT2D eigenvalue weighted by Gasteiger charge is 2.18. The van der Waals surface area contributed by atoms with Gasteiger partial charge in [0.05, 0.1) is 5.02 Å². The number of hydrogen-bond acceptors (Lipinski definition) is 4. The maximum absolute atomic E-state index is 12.3. The highest BCUT2D eigenvalue weighted by atomic mass is 35.5. The molecule has 0 spiro atoms. The van der Waals surface area contributed by atoms with Crippen LogP contribution < -0.4 is 15.0 Å². The van der Waals surface area contributed by atoms with Gasteiger partial charge in [-0.3, -0.25) is 9.69 Å².